The minimum atomic E-state index is -0.409. The predicted octanol–water partition coefficient (Wildman–Crippen LogP) is 0.449. The smallest absolute Gasteiger partial charge is 0.247 e. The fourth-order valence-electron chi connectivity index (χ4n) is 1.21. The molecule has 0 spiro atoms. The summed E-state index contributed by atoms with van der Waals surface area (Å²) < 4.78 is -0.409. The van der Waals surface area contributed by atoms with Gasteiger partial charge >= 0.3 is 0 Å². The first-order chi connectivity index (χ1) is 6.04. The molecule has 0 bridgehead atoms. The number of rotatable bonds is 1. The Hall–Kier alpha value is -0.100. The maximum absolute atomic E-state index is 11.5. The molecule has 1 aliphatic rings. The first kappa shape index (κ1) is 11.0. The Morgan fingerprint density at radius 3 is 2.85 bits per heavy atom. The molecule has 4 nitrogen and oxygen atoms in total. The van der Waals surface area contributed by atoms with E-state index in [9.17, 15) is 9.59 Å². The van der Waals surface area contributed by atoms with E-state index in [1.165, 1.54) is 0 Å². The number of hydrogen-bond acceptors (Lipinski definition) is 2. The summed E-state index contributed by atoms with van der Waals surface area (Å²) in [4.78, 5) is 24.3. The maximum atomic E-state index is 11.5. The van der Waals surface area contributed by atoms with E-state index in [0.717, 1.165) is 0 Å². The van der Waals surface area contributed by atoms with E-state index in [1.807, 2.05) is 0 Å². The van der Waals surface area contributed by atoms with Gasteiger partial charge in [0.05, 0.1) is 0 Å². The monoisotopic (exact) mass is 312 g/mol. The van der Waals surface area contributed by atoms with E-state index in [1.54, 1.807) is 11.8 Å². The molecule has 0 saturated carbocycles. The van der Waals surface area contributed by atoms with Crippen LogP contribution in [0.25, 0.3) is 0 Å². The number of carbonyl (C=O) groups is 2. The third-order valence-corrected chi connectivity index (χ3v) is 2.75. The van der Waals surface area contributed by atoms with Gasteiger partial charge < -0.3 is 10.2 Å². The van der Waals surface area contributed by atoms with Crippen molar-refractivity contribution < 1.29 is 9.59 Å². The van der Waals surface area contributed by atoms with Crippen molar-refractivity contribution in [2.24, 2.45) is 0 Å². The number of carbonyl (C=O) groups excluding carboxylic acids is 2. The largest absolute Gasteiger partial charge is 0.353 e. The van der Waals surface area contributed by atoms with Crippen molar-refractivity contribution in [3.63, 3.8) is 0 Å². The molecule has 13 heavy (non-hydrogen) atoms. The van der Waals surface area contributed by atoms with Crippen LogP contribution in [0.1, 0.15) is 6.92 Å². The van der Waals surface area contributed by atoms with Crippen molar-refractivity contribution in [1.29, 1.82) is 0 Å². The summed E-state index contributed by atoms with van der Waals surface area (Å²) in [6.07, 6.45) is 0. The van der Waals surface area contributed by atoms with Crippen LogP contribution in [0, 0.1) is 0 Å². The van der Waals surface area contributed by atoms with Gasteiger partial charge in [-0.3, -0.25) is 9.59 Å². The van der Waals surface area contributed by atoms with Crippen molar-refractivity contribution in [2.45, 2.75) is 16.7 Å². The SMILES string of the molecule is CC1C(=O)NCCN1C(=O)C(Br)Br. The summed E-state index contributed by atoms with van der Waals surface area (Å²) in [6.45, 7) is 2.82. The second-order valence-corrected chi connectivity index (χ2v) is 5.86. The van der Waals surface area contributed by atoms with E-state index in [4.69, 9.17) is 0 Å². The third-order valence-electron chi connectivity index (χ3n) is 1.97. The summed E-state index contributed by atoms with van der Waals surface area (Å²) in [5.74, 6) is -0.206. The molecule has 1 rings (SSSR count). The van der Waals surface area contributed by atoms with Gasteiger partial charge in [0.25, 0.3) is 0 Å². The summed E-state index contributed by atoms with van der Waals surface area (Å²) in [5.41, 5.74) is 0. The zero-order valence-electron chi connectivity index (χ0n) is 7.09. The average molecular weight is 314 g/mol. The van der Waals surface area contributed by atoms with Crippen LogP contribution >= 0.6 is 31.9 Å². The van der Waals surface area contributed by atoms with Crippen LogP contribution in [0.5, 0.6) is 0 Å². The van der Waals surface area contributed by atoms with Crippen molar-refractivity contribution in [1.82, 2.24) is 10.2 Å². The van der Waals surface area contributed by atoms with E-state index in [0.29, 0.717) is 13.1 Å². The molecule has 1 heterocycles. The molecule has 1 atom stereocenters. The minimum absolute atomic E-state index is 0.0970. The summed E-state index contributed by atoms with van der Waals surface area (Å²) >= 11 is 6.23. The summed E-state index contributed by atoms with van der Waals surface area (Å²) in [6, 6.07) is -0.376. The summed E-state index contributed by atoms with van der Waals surface area (Å²) in [5, 5.41) is 2.69. The lowest BCUT2D eigenvalue weighted by Crippen LogP contribution is -2.56. The number of alkyl halides is 2. The highest BCUT2D eigenvalue weighted by Gasteiger charge is 2.31. The van der Waals surface area contributed by atoms with Gasteiger partial charge in [-0.15, -0.1) is 0 Å². The highest BCUT2D eigenvalue weighted by atomic mass is 79.9. The molecule has 0 aromatic carbocycles. The Labute approximate surface area is 93.3 Å². The highest BCUT2D eigenvalue weighted by molar-refractivity contribution is 9.25. The molecule has 0 aromatic heterocycles. The number of piperazine rings is 1. The second kappa shape index (κ2) is 4.41. The number of halogens is 2. The van der Waals surface area contributed by atoms with Crippen molar-refractivity contribution in [2.75, 3.05) is 13.1 Å². The van der Waals surface area contributed by atoms with Gasteiger partial charge in [-0.1, -0.05) is 31.9 Å². The van der Waals surface area contributed by atoms with Crippen LogP contribution in [0.3, 0.4) is 0 Å². The van der Waals surface area contributed by atoms with Gasteiger partial charge in [0.1, 0.15) is 9.78 Å². The molecule has 0 aromatic rings. The second-order valence-electron chi connectivity index (χ2n) is 2.80. The molecule has 0 aliphatic carbocycles. The minimum Gasteiger partial charge on any atom is -0.353 e. The zero-order chi connectivity index (χ0) is 10.0. The lowest BCUT2D eigenvalue weighted by atomic mass is 10.2. The zero-order valence-corrected chi connectivity index (χ0v) is 10.3. The molecule has 6 heteroatoms. The molecular formula is C7H10Br2N2O2. The normalized spacial score (nSPS) is 23.2. The first-order valence-electron chi connectivity index (χ1n) is 3.90. The Morgan fingerprint density at radius 1 is 1.69 bits per heavy atom. The van der Waals surface area contributed by atoms with Gasteiger partial charge in [0.2, 0.25) is 11.8 Å². The number of amides is 2. The van der Waals surface area contributed by atoms with Crippen LogP contribution < -0.4 is 5.32 Å². The van der Waals surface area contributed by atoms with E-state index >= 15 is 0 Å². The van der Waals surface area contributed by atoms with Gasteiger partial charge in [-0.25, -0.2) is 0 Å². The molecule has 1 unspecified atom stereocenters. The number of hydrogen-bond donors (Lipinski definition) is 1. The van der Waals surface area contributed by atoms with Crippen LogP contribution in [-0.2, 0) is 9.59 Å². The Morgan fingerprint density at radius 2 is 2.31 bits per heavy atom. The molecular weight excluding hydrogens is 304 g/mol. The molecule has 1 saturated heterocycles. The standard InChI is InChI=1S/C7H10Br2N2O2/c1-4-6(12)10-2-3-11(4)7(13)5(8)9/h4-5H,2-3H2,1H3,(H,10,12). The topological polar surface area (TPSA) is 49.4 Å². The fraction of sp³-hybridized carbons (Fsp3) is 0.714. The molecule has 1 fully saturated rings. The Balaban J connectivity index is 2.68. The lowest BCUT2D eigenvalue weighted by Gasteiger charge is -2.33. The molecule has 0 radical (unpaired) electrons. The van der Waals surface area contributed by atoms with E-state index in [2.05, 4.69) is 37.2 Å². The van der Waals surface area contributed by atoms with Crippen molar-refractivity contribution in [3.8, 4) is 0 Å². The van der Waals surface area contributed by atoms with Crippen LogP contribution in [0.4, 0.5) is 0 Å². The number of nitrogens with zero attached hydrogens (tertiary/aromatic N) is 1. The molecule has 1 aliphatic heterocycles. The van der Waals surface area contributed by atoms with Crippen LogP contribution in [0.15, 0.2) is 0 Å². The van der Waals surface area contributed by atoms with Gasteiger partial charge in [-0.05, 0) is 6.92 Å². The first-order valence-corrected chi connectivity index (χ1v) is 5.73. The molecule has 2 amide bonds. The van der Waals surface area contributed by atoms with E-state index in [-0.39, 0.29) is 17.9 Å². The predicted molar refractivity (Wildman–Crippen MR) is 55.8 cm³/mol. The lowest BCUT2D eigenvalue weighted by molar-refractivity contribution is -0.140. The fourth-order valence-corrected chi connectivity index (χ4v) is 1.73. The van der Waals surface area contributed by atoms with E-state index < -0.39 is 3.74 Å². The van der Waals surface area contributed by atoms with Gasteiger partial charge in [-0.2, -0.15) is 0 Å². The van der Waals surface area contributed by atoms with Crippen molar-refractivity contribution >= 4 is 43.7 Å². The molecule has 74 valence electrons. The quantitative estimate of drug-likeness (QED) is 0.715. The molecule has 1 N–H and O–H groups in total. The maximum Gasteiger partial charge on any atom is 0.247 e. The van der Waals surface area contributed by atoms with Crippen LogP contribution in [-0.4, -0.2) is 39.6 Å². The van der Waals surface area contributed by atoms with Gasteiger partial charge in [0.15, 0.2) is 0 Å². The summed E-state index contributed by atoms with van der Waals surface area (Å²) in [7, 11) is 0. The van der Waals surface area contributed by atoms with Crippen LogP contribution in [0.2, 0.25) is 0 Å². The Bertz CT molecular complexity index is 233. The average Bonchev–Trinajstić information content (AvgIpc) is 2.08. The van der Waals surface area contributed by atoms with Crippen molar-refractivity contribution in [3.05, 3.63) is 0 Å². The third kappa shape index (κ3) is 2.43. The Kier molecular flexibility index (Phi) is 3.73. The highest BCUT2D eigenvalue weighted by Crippen LogP contribution is 2.15. The van der Waals surface area contributed by atoms with Gasteiger partial charge in [0, 0.05) is 13.1 Å². The number of nitrogens with one attached hydrogen (secondary N) is 1.